The molecule has 16 aliphatic rings. The third kappa shape index (κ3) is 7.57. The molecule has 0 aromatic heterocycles. The van der Waals surface area contributed by atoms with E-state index in [0.717, 1.165) is 81.3 Å². The minimum Gasteiger partial charge on any atom is -0.213 e. The average molecular weight is 967 g/mol. The molecule has 0 aliphatic heterocycles. The van der Waals surface area contributed by atoms with E-state index >= 15 is 0 Å². The van der Waals surface area contributed by atoms with Crippen LogP contribution in [0.4, 0.5) is 0 Å². The minimum atomic E-state index is -0.0473. The van der Waals surface area contributed by atoms with Crippen molar-refractivity contribution in [2.45, 2.75) is 187 Å². The Morgan fingerprint density at radius 2 is 0.746 bits per heavy atom. The van der Waals surface area contributed by atoms with Crippen molar-refractivity contribution >= 4 is 15.8 Å². The molecule has 0 radical (unpaired) electrons. The Balaban J connectivity index is 0.000000134. The maximum Gasteiger partial charge on any atom is 2.00 e. The third-order valence-electron chi connectivity index (χ3n) is 22.9. The normalized spacial score (nSPS) is 44.9. The Kier molecular flexibility index (Phi) is 11.1. The molecule has 16 saturated carbocycles. The summed E-state index contributed by atoms with van der Waals surface area (Å²) < 4.78 is 0. The Hall–Kier alpha value is -1.48. The zero-order valence-electron chi connectivity index (χ0n) is 40.8. The maximum atomic E-state index is 2.58. The van der Waals surface area contributed by atoms with E-state index in [-0.39, 0.29) is 32.9 Å². The van der Waals surface area contributed by atoms with Crippen molar-refractivity contribution in [3.8, 4) is 22.3 Å². The van der Waals surface area contributed by atoms with E-state index < -0.39 is 0 Å². The second-order valence-electron chi connectivity index (χ2n) is 27.4. The molecule has 0 N–H and O–H groups in total. The summed E-state index contributed by atoms with van der Waals surface area (Å²) in [5, 5.41) is 2.97. The van der Waals surface area contributed by atoms with E-state index in [1.54, 1.807) is 171 Å². The van der Waals surface area contributed by atoms with Crippen molar-refractivity contribution in [3.05, 3.63) is 108 Å². The zero-order valence-corrected chi connectivity index (χ0v) is 43.7. The van der Waals surface area contributed by atoms with E-state index in [0.29, 0.717) is 10.3 Å². The van der Waals surface area contributed by atoms with Crippen molar-refractivity contribution in [1.29, 1.82) is 0 Å². The molecule has 16 fully saturated rings. The summed E-state index contributed by atoms with van der Waals surface area (Å²) >= 11 is 0. The summed E-state index contributed by atoms with van der Waals surface area (Å²) in [5.74, 6) is 13.1. The molecule has 0 amide bonds. The van der Waals surface area contributed by atoms with Crippen LogP contribution in [-0.2, 0) is 29.4 Å². The van der Waals surface area contributed by atoms with Gasteiger partial charge in [-0.1, -0.05) is 81.1 Å². The smallest absolute Gasteiger partial charge is 0.213 e. The number of hydrogen-bond acceptors (Lipinski definition) is 0. The molecule has 0 heterocycles. The van der Waals surface area contributed by atoms with Crippen LogP contribution in [0.5, 0.6) is 0 Å². The van der Waals surface area contributed by atoms with Gasteiger partial charge in [-0.15, -0.1) is 35.4 Å². The maximum absolute atomic E-state index is 2.58. The molecule has 20 rings (SSSR count). The summed E-state index contributed by atoms with van der Waals surface area (Å²) in [5.41, 5.74) is 9.23. The molecular weight excluding hydrogens is 886 g/mol. The first-order chi connectivity index (χ1) is 32.3. The molecular formula is C64H80FeP2. The van der Waals surface area contributed by atoms with Crippen molar-refractivity contribution in [2.24, 2.45) is 71.0 Å². The third-order valence-corrected chi connectivity index (χ3v) is 31.0. The molecule has 0 nitrogen and oxygen atoms in total. The Bertz CT molecular complexity index is 2160. The molecule has 16 aliphatic carbocycles. The monoisotopic (exact) mass is 967 g/mol. The fourth-order valence-corrected chi connectivity index (χ4v) is 32.9. The molecule has 4 aromatic carbocycles. The van der Waals surface area contributed by atoms with Crippen LogP contribution in [0.3, 0.4) is 0 Å². The van der Waals surface area contributed by atoms with Crippen molar-refractivity contribution in [2.75, 3.05) is 0 Å². The fraction of sp³-hybridized carbons (Fsp3) is 0.656. The Labute approximate surface area is 418 Å². The van der Waals surface area contributed by atoms with Gasteiger partial charge in [0, 0.05) is 0 Å². The van der Waals surface area contributed by atoms with Crippen molar-refractivity contribution in [3.63, 3.8) is 0 Å². The predicted octanol–water partition coefficient (Wildman–Crippen LogP) is 18.0. The fourth-order valence-electron chi connectivity index (χ4n) is 22.6. The van der Waals surface area contributed by atoms with E-state index in [1.165, 1.54) is 29.0 Å². The van der Waals surface area contributed by atoms with Crippen LogP contribution in [0.25, 0.3) is 22.3 Å². The number of hydrogen-bond donors (Lipinski definition) is 0. The van der Waals surface area contributed by atoms with Gasteiger partial charge in [0.25, 0.3) is 0 Å². The minimum absolute atomic E-state index is 0. The van der Waals surface area contributed by atoms with Crippen LogP contribution in [0.1, 0.15) is 165 Å². The van der Waals surface area contributed by atoms with Gasteiger partial charge >= 0.3 is 17.1 Å². The second kappa shape index (κ2) is 16.8. The van der Waals surface area contributed by atoms with Gasteiger partial charge in [-0.25, -0.2) is 12.1 Å². The van der Waals surface area contributed by atoms with Crippen LogP contribution in [0.2, 0.25) is 0 Å². The Morgan fingerprint density at radius 1 is 0.403 bits per heavy atom. The van der Waals surface area contributed by atoms with Crippen LogP contribution in [0.15, 0.2) is 97.1 Å². The van der Waals surface area contributed by atoms with Crippen molar-refractivity contribution in [1.82, 2.24) is 0 Å². The standard InChI is InChI=1S/C38H44P.C26H36P.Fe/c1-3-7-32(8-4-1)35-12-11-34(36(35)33-9-5-2-6-10-33)25-39(37-19-26-13-27(20-37)15-28(14-26)21-37)38-22-29-16-30(23-38)18-31(17-29)24-38;1-2-4-18(3-1)17-27(25-11-19-5-20(12-25)7-21(6-19)13-25)26-14-22-8-23(15-26)10-24(9-22)16-26;/h1-12,26-31H,13-25H2;1-4,19-24H,5-17H2;/q2*-1;+2. The van der Waals surface area contributed by atoms with E-state index in [4.69, 9.17) is 0 Å². The SMILES string of the molecule is [Fe+2].c1c[cH-]c(CP(C23CC4CC(CC(C4)C2)C3)C23CC4CC(CC(C4)C2)C3)c1.c1ccc(-c2c(CP(C34CC5CC(CC(C5)C3)C4)C34CC5CC(CC(C5)C3)C4)cc[c-]2-c2ccccc2)cc1. The van der Waals surface area contributed by atoms with Gasteiger partial charge in [-0.2, -0.15) is 17.7 Å². The molecule has 354 valence electrons. The van der Waals surface area contributed by atoms with Gasteiger partial charge in [-0.3, -0.25) is 0 Å². The van der Waals surface area contributed by atoms with E-state index in [1.807, 2.05) is 0 Å². The molecule has 0 unspecified atom stereocenters. The summed E-state index contributed by atoms with van der Waals surface area (Å²) in [6.45, 7) is 0. The molecule has 67 heavy (non-hydrogen) atoms. The summed E-state index contributed by atoms with van der Waals surface area (Å²) in [6.07, 6.45) is 41.5. The first-order valence-corrected chi connectivity index (χ1v) is 31.5. The van der Waals surface area contributed by atoms with Gasteiger partial charge < -0.3 is 0 Å². The topological polar surface area (TPSA) is 0 Å². The number of benzene rings is 2. The van der Waals surface area contributed by atoms with Gasteiger partial charge in [0.2, 0.25) is 0 Å². The van der Waals surface area contributed by atoms with Crippen LogP contribution < -0.4 is 0 Å². The molecule has 3 heteroatoms. The molecule has 0 atom stereocenters. The summed E-state index contributed by atoms with van der Waals surface area (Å²) in [4.78, 5) is 0. The number of rotatable bonds is 10. The first kappa shape index (κ1) is 44.2. The largest absolute Gasteiger partial charge is 2.00 e. The zero-order chi connectivity index (χ0) is 43.2. The van der Waals surface area contributed by atoms with Gasteiger partial charge in [0.15, 0.2) is 0 Å². The first-order valence-electron chi connectivity index (χ1n) is 28.5. The summed E-state index contributed by atoms with van der Waals surface area (Å²) in [7, 11) is 0.0933. The van der Waals surface area contributed by atoms with Gasteiger partial charge in [0.1, 0.15) is 0 Å². The van der Waals surface area contributed by atoms with E-state index in [9.17, 15) is 0 Å². The molecule has 0 spiro atoms. The molecule has 0 saturated heterocycles. The average Bonchev–Trinajstić information content (AvgIpc) is 3.97. The summed E-state index contributed by atoms with van der Waals surface area (Å²) in [6, 6.07) is 37.3. The van der Waals surface area contributed by atoms with Gasteiger partial charge in [0.05, 0.1) is 0 Å². The molecule has 4 aromatic rings. The van der Waals surface area contributed by atoms with Gasteiger partial charge in [-0.05, 0) is 258 Å². The van der Waals surface area contributed by atoms with Crippen LogP contribution in [-0.4, -0.2) is 20.6 Å². The second-order valence-corrected chi connectivity index (χ2v) is 33.6. The van der Waals surface area contributed by atoms with Crippen LogP contribution >= 0.6 is 15.8 Å². The Morgan fingerprint density at radius 3 is 1.09 bits per heavy atom. The van der Waals surface area contributed by atoms with Crippen molar-refractivity contribution < 1.29 is 17.1 Å². The molecule has 16 bridgehead atoms. The van der Waals surface area contributed by atoms with Crippen LogP contribution in [0, 0.1) is 71.0 Å². The quantitative estimate of drug-likeness (QED) is 0.0844. The van der Waals surface area contributed by atoms with E-state index in [2.05, 4.69) is 97.1 Å². The predicted molar refractivity (Wildman–Crippen MR) is 280 cm³/mol.